The molecule has 0 aliphatic heterocycles. The molecule has 1 aromatic rings. The maximum atomic E-state index is 10.5. The first-order chi connectivity index (χ1) is 5.63. The fourth-order valence-electron chi connectivity index (χ4n) is 0.814. The van der Waals surface area contributed by atoms with Gasteiger partial charge in [0.05, 0.1) is 10.9 Å². The molecule has 62 valence electrons. The Balaban J connectivity index is 3.36. The zero-order chi connectivity index (χ0) is 9.14. The van der Waals surface area contributed by atoms with Crippen molar-refractivity contribution in [1.82, 2.24) is 0 Å². The summed E-state index contributed by atoms with van der Waals surface area (Å²) in [4.78, 5) is 10.5. The Hall–Kier alpha value is -1.41. The Morgan fingerprint density at radius 2 is 1.83 bits per heavy atom. The minimum atomic E-state index is -2.83. The standard InChI is InChI=1S/C7H5O4P/c8-7(9)5-3-1-2-4-6(5)12(10)11/h1-4H,(H,8,9). The lowest BCUT2D eigenvalue weighted by Gasteiger charge is -1.94. The Kier molecular flexibility index (Phi) is 2.41. The lowest BCUT2D eigenvalue weighted by Crippen LogP contribution is -2.09. The summed E-state index contributed by atoms with van der Waals surface area (Å²) >= 11 is 0. The predicted octanol–water partition coefficient (Wildman–Crippen LogP) is 1.18. The van der Waals surface area contributed by atoms with Crippen LogP contribution in [0.15, 0.2) is 24.3 Å². The summed E-state index contributed by atoms with van der Waals surface area (Å²) in [7, 11) is -2.83. The van der Waals surface area contributed by atoms with E-state index in [1.807, 2.05) is 0 Å². The van der Waals surface area contributed by atoms with E-state index in [2.05, 4.69) is 0 Å². The van der Waals surface area contributed by atoms with Crippen LogP contribution in [0.5, 0.6) is 0 Å². The van der Waals surface area contributed by atoms with E-state index in [9.17, 15) is 13.9 Å². The smallest absolute Gasteiger partial charge is 0.349 e. The molecule has 0 radical (unpaired) electrons. The van der Waals surface area contributed by atoms with Gasteiger partial charge < -0.3 is 5.11 Å². The molecule has 4 nitrogen and oxygen atoms in total. The molecule has 0 bridgehead atoms. The van der Waals surface area contributed by atoms with Gasteiger partial charge in [0.25, 0.3) is 0 Å². The van der Waals surface area contributed by atoms with Gasteiger partial charge in [-0.1, -0.05) is 12.1 Å². The third kappa shape index (κ3) is 1.60. The number of aromatic carboxylic acids is 1. The fourth-order valence-corrected chi connectivity index (χ4v) is 1.39. The van der Waals surface area contributed by atoms with Crippen LogP contribution in [0.3, 0.4) is 0 Å². The predicted molar refractivity (Wildman–Crippen MR) is 41.3 cm³/mol. The highest BCUT2D eigenvalue weighted by Gasteiger charge is 2.11. The van der Waals surface area contributed by atoms with Gasteiger partial charge in [-0.3, -0.25) is 0 Å². The molecule has 0 spiro atoms. The second-order valence-electron chi connectivity index (χ2n) is 2.08. The molecule has 0 unspecified atom stereocenters. The van der Waals surface area contributed by atoms with Crippen LogP contribution < -0.4 is 5.30 Å². The number of carboxylic acid groups (broad SMARTS) is 1. The van der Waals surface area contributed by atoms with Crippen molar-refractivity contribution in [1.29, 1.82) is 0 Å². The van der Waals surface area contributed by atoms with E-state index in [1.165, 1.54) is 24.3 Å². The average Bonchev–Trinajstić information content (AvgIpc) is 2.04. The number of rotatable bonds is 2. The molecule has 1 rings (SSSR count). The van der Waals surface area contributed by atoms with Gasteiger partial charge in [0, 0.05) is 0 Å². The van der Waals surface area contributed by atoms with E-state index in [4.69, 9.17) is 5.11 Å². The number of benzene rings is 1. The summed E-state index contributed by atoms with van der Waals surface area (Å²) in [6.07, 6.45) is 0. The number of hydrogen-bond acceptors (Lipinski definition) is 3. The first-order valence-electron chi connectivity index (χ1n) is 3.09. The van der Waals surface area contributed by atoms with Gasteiger partial charge in [-0.05, 0) is 12.1 Å². The molecule has 5 heteroatoms. The molecule has 0 saturated heterocycles. The Labute approximate surface area is 68.7 Å². The van der Waals surface area contributed by atoms with Crippen molar-refractivity contribution in [3.8, 4) is 0 Å². The van der Waals surface area contributed by atoms with Gasteiger partial charge in [0.2, 0.25) is 0 Å². The number of carboxylic acids is 1. The molecule has 0 aliphatic carbocycles. The minimum absolute atomic E-state index is 0.153. The lowest BCUT2D eigenvalue weighted by atomic mass is 10.2. The van der Waals surface area contributed by atoms with Crippen LogP contribution in [0, 0.1) is 0 Å². The van der Waals surface area contributed by atoms with Crippen molar-refractivity contribution in [2.45, 2.75) is 0 Å². The van der Waals surface area contributed by atoms with Crippen molar-refractivity contribution in [3.63, 3.8) is 0 Å². The summed E-state index contributed by atoms with van der Waals surface area (Å²) in [6, 6.07) is 5.47. The van der Waals surface area contributed by atoms with E-state index in [0.29, 0.717) is 0 Å². The van der Waals surface area contributed by atoms with Gasteiger partial charge >= 0.3 is 13.6 Å². The van der Waals surface area contributed by atoms with Crippen molar-refractivity contribution in [3.05, 3.63) is 29.8 Å². The summed E-state index contributed by atoms with van der Waals surface area (Å²) in [5.74, 6) is -1.23. The van der Waals surface area contributed by atoms with Crippen LogP contribution in [-0.4, -0.2) is 11.1 Å². The molecular formula is C7H5O4P. The van der Waals surface area contributed by atoms with E-state index >= 15 is 0 Å². The first-order valence-corrected chi connectivity index (χ1v) is 4.27. The van der Waals surface area contributed by atoms with E-state index in [1.54, 1.807) is 0 Å². The van der Waals surface area contributed by atoms with Crippen LogP contribution in [0.1, 0.15) is 10.4 Å². The Morgan fingerprint density at radius 3 is 2.25 bits per heavy atom. The summed E-state index contributed by atoms with van der Waals surface area (Å²) in [5, 5.41) is 8.39. The number of hydrogen-bond donors (Lipinski definition) is 1. The molecule has 0 fully saturated rings. The molecule has 1 aromatic carbocycles. The van der Waals surface area contributed by atoms with Crippen molar-refractivity contribution < 1.29 is 19.0 Å². The van der Waals surface area contributed by atoms with E-state index in [-0.39, 0.29) is 10.9 Å². The molecule has 0 atom stereocenters. The van der Waals surface area contributed by atoms with Crippen LogP contribution in [0.4, 0.5) is 0 Å². The first kappa shape index (κ1) is 8.68. The average molecular weight is 184 g/mol. The Morgan fingerprint density at radius 1 is 1.25 bits per heavy atom. The third-order valence-electron chi connectivity index (χ3n) is 1.33. The molecule has 0 aliphatic rings. The SMILES string of the molecule is O=C(O)c1ccccc1P(=O)=O. The second kappa shape index (κ2) is 3.32. The maximum Gasteiger partial charge on any atom is 0.349 e. The van der Waals surface area contributed by atoms with Crippen LogP contribution >= 0.6 is 7.68 Å². The van der Waals surface area contributed by atoms with Gasteiger partial charge in [0.1, 0.15) is 0 Å². The number of carbonyl (C=O) groups is 1. The monoisotopic (exact) mass is 184 g/mol. The molecule has 0 heterocycles. The zero-order valence-electron chi connectivity index (χ0n) is 5.93. The zero-order valence-corrected chi connectivity index (χ0v) is 6.82. The van der Waals surface area contributed by atoms with Crippen LogP contribution in [0.2, 0.25) is 0 Å². The minimum Gasteiger partial charge on any atom is -0.478 e. The van der Waals surface area contributed by atoms with Gasteiger partial charge in [-0.25, -0.2) is 13.9 Å². The summed E-state index contributed by atoms with van der Waals surface area (Å²) in [6.45, 7) is 0. The highest BCUT2D eigenvalue weighted by molar-refractivity contribution is 7.40. The molecule has 12 heavy (non-hydrogen) atoms. The fraction of sp³-hybridized carbons (Fsp3) is 0. The van der Waals surface area contributed by atoms with Crippen LogP contribution in [0.25, 0.3) is 0 Å². The topological polar surface area (TPSA) is 71.4 Å². The normalized spacial score (nSPS) is 9.33. The maximum absolute atomic E-state index is 10.5. The molecular weight excluding hydrogens is 179 g/mol. The van der Waals surface area contributed by atoms with Gasteiger partial charge in [-0.2, -0.15) is 0 Å². The van der Waals surface area contributed by atoms with Crippen molar-refractivity contribution >= 4 is 19.0 Å². The Bertz CT molecular complexity index is 373. The van der Waals surface area contributed by atoms with E-state index < -0.39 is 13.6 Å². The van der Waals surface area contributed by atoms with Crippen LogP contribution in [-0.2, 0) is 9.13 Å². The lowest BCUT2D eigenvalue weighted by molar-refractivity contribution is 0.0698. The molecule has 1 N–H and O–H groups in total. The quantitative estimate of drug-likeness (QED) is 0.700. The molecule has 0 aromatic heterocycles. The van der Waals surface area contributed by atoms with E-state index in [0.717, 1.165) is 0 Å². The van der Waals surface area contributed by atoms with Crippen molar-refractivity contribution in [2.75, 3.05) is 0 Å². The highest BCUT2D eigenvalue weighted by Crippen LogP contribution is 2.08. The third-order valence-corrected chi connectivity index (χ3v) is 2.11. The highest BCUT2D eigenvalue weighted by atomic mass is 31.1. The second-order valence-corrected chi connectivity index (χ2v) is 3.08. The van der Waals surface area contributed by atoms with Crippen molar-refractivity contribution in [2.24, 2.45) is 0 Å². The molecule has 0 amide bonds. The largest absolute Gasteiger partial charge is 0.478 e. The summed E-state index contributed by atoms with van der Waals surface area (Å²) in [5.41, 5.74) is -0.186. The molecule has 0 saturated carbocycles. The van der Waals surface area contributed by atoms with Gasteiger partial charge in [0.15, 0.2) is 0 Å². The summed E-state index contributed by atoms with van der Waals surface area (Å²) < 4.78 is 21.0. The van der Waals surface area contributed by atoms with Gasteiger partial charge in [-0.15, -0.1) is 0 Å².